The predicted octanol–water partition coefficient (Wildman–Crippen LogP) is 5.36. The summed E-state index contributed by atoms with van der Waals surface area (Å²) in [5, 5.41) is 10.3. The first-order valence-electron chi connectivity index (χ1n) is 7.57. The Hall–Kier alpha value is -1.43. The SMILES string of the molecule is Cc1ccc(SCc2nnc(SCc3ccccc3Cl)n2C)cc1. The molecule has 0 aliphatic heterocycles. The lowest BCUT2D eigenvalue weighted by atomic mass is 10.2. The number of halogens is 1. The normalized spacial score (nSPS) is 11.0. The number of aryl methyl sites for hydroxylation is 1. The summed E-state index contributed by atoms with van der Waals surface area (Å²) in [6.07, 6.45) is 0. The van der Waals surface area contributed by atoms with E-state index in [2.05, 4.69) is 46.0 Å². The van der Waals surface area contributed by atoms with Crippen molar-refractivity contribution in [3.05, 3.63) is 70.5 Å². The molecule has 0 spiro atoms. The summed E-state index contributed by atoms with van der Waals surface area (Å²) >= 11 is 9.63. The molecule has 3 rings (SSSR count). The number of thioether (sulfide) groups is 2. The lowest BCUT2D eigenvalue weighted by molar-refractivity contribution is 0.761. The highest BCUT2D eigenvalue weighted by Crippen LogP contribution is 2.27. The van der Waals surface area contributed by atoms with Crippen LogP contribution < -0.4 is 0 Å². The summed E-state index contributed by atoms with van der Waals surface area (Å²) in [4.78, 5) is 1.24. The lowest BCUT2D eigenvalue weighted by Crippen LogP contribution is -1.97. The zero-order valence-corrected chi connectivity index (χ0v) is 16.0. The van der Waals surface area contributed by atoms with Gasteiger partial charge in [-0.2, -0.15) is 0 Å². The maximum Gasteiger partial charge on any atom is 0.191 e. The van der Waals surface area contributed by atoms with Crippen LogP contribution in [-0.2, 0) is 18.6 Å². The van der Waals surface area contributed by atoms with Gasteiger partial charge in [0.1, 0.15) is 5.82 Å². The third-order valence-electron chi connectivity index (χ3n) is 3.63. The molecule has 3 aromatic rings. The highest BCUT2D eigenvalue weighted by molar-refractivity contribution is 7.98. The van der Waals surface area contributed by atoms with E-state index >= 15 is 0 Å². The maximum atomic E-state index is 6.20. The van der Waals surface area contributed by atoms with Crippen LogP contribution in [0.4, 0.5) is 0 Å². The highest BCUT2D eigenvalue weighted by atomic mass is 35.5. The van der Waals surface area contributed by atoms with E-state index < -0.39 is 0 Å². The van der Waals surface area contributed by atoms with Crippen molar-refractivity contribution in [1.29, 1.82) is 0 Å². The van der Waals surface area contributed by atoms with Crippen LogP contribution in [0.25, 0.3) is 0 Å². The molecule has 0 aliphatic rings. The van der Waals surface area contributed by atoms with Gasteiger partial charge >= 0.3 is 0 Å². The lowest BCUT2D eigenvalue weighted by Gasteiger charge is -2.05. The molecule has 0 bridgehead atoms. The van der Waals surface area contributed by atoms with Crippen molar-refractivity contribution in [2.45, 2.75) is 28.5 Å². The minimum absolute atomic E-state index is 0.788. The zero-order chi connectivity index (χ0) is 16.9. The standard InChI is InChI=1S/C18H18ClN3S2/c1-13-7-9-15(10-8-13)23-12-17-20-21-18(22(17)2)24-11-14-5-3-4-6-16(14)19/h3-10H,11-12H2,1-2H3. The second-order valence-corrected chi connectivity index (χ2v) is 7.84. The Kier molecular flexibility index (Phi) is 5.87. The van der Waals surface area contributed by atoms with Gasteiger partial charge in [0, 0.05) is 22.7 Å². The number of hydrogen-bond acceptors (Lipinski definition) is 4. The first-order chi connectivity index (χ1) is 11.6. The van der Waals surface area contributed by atoms with Crippen molar-refractivity contribution < 1.29 is 0 Å². The van der Waals surface area contributed by atoms with E-state index in [0.717, 1.165) is 33.1 Å². The predicted molar refractivity (Wildman–Crippen MR) is 103 cm³/mol. The van der Waals surface area contributed by atoms with Gasteiger partial charge in [0.2, 0.25) is 0 Å². The van der Waals surface area contributed by atoms with Crippen LogP contribution in [0, 0.1) is 6.92 Å². The Labute approximate surface area is 155 Å². The van der Waals surface area contributed by atoms with Crippen LogP contribution in [0.15, 0.2) is 58.6 Å². The van der Waals surface area contributed by atoms with Crippen LogP contribution in [0.3, 0.4) is 0 Å². The molecule has 0 N–H and O–H groups in total. The molecule has 0 aliphatic carbocycles. The molecule has 0 atom stereocenters. The molecule has 124 valence electrons. The Morgan fingerprint density at radius 3 is 2.46 bits per heavy atom. The molecule has 2 aromatic carbocycles. The highest BCUT2D eigenvalue weighted by Gasteiger charge is 2.10. The number of rotatable bonds is 6. The molecule has 0 amide bonds. The van der Waals surface area contributed by atoms with Gasteiger partial charge in [0.15, 0.2) is 5.16 Å². The molecule has 1 aromatic heterocycles. The third-order valence-corrected chi connectivity index (χ3v) is 6.07. The summed E-state index contributed by atoms with van der Waals surface area (Å²) in [7, 11) is 2.01. The molecule has 0 fully saturated rings. The van der Waals surface area contributed by atoms with Gasteiger partial charge in [-0.15, -0.1) is 22.0 Å². The Balaban J connectivity index is 1.61. The van der Waals surface area contributed by atoms with Crippen molar-refractivity contribution >= 4 is 35.1 Å². The summed E-state index contributed by atoms with van der Waals surface area (Å²) < 4.78 is 2.06. The van der Waals surface area contributed by atoms with E-state index in [4.69, 9.17) is 11.6 Å². The van der Waals surface area contributed by atoms with Crippen LogP contribution in [0.1, 0.15) is 17.0 Å². The fourth-order valence-electron chi connectivity index (χ4n) is 2.14. The first-order valence-corrected chi connectivity index (χ1v) is 9.92. The van der Waals surface area contributed by atoms with E-state index in [1.165, 1.54) is 10.5 Å². The summed E-state index contributed by atoms with van der Waals surface area (Å²) in [6.45, 7) is 2.10. The van der Waals surface area contributed by atoms with Crippen molar-refractivity contribution in [1.82, 2.24) is 14.8 Å². The summed E-state index contributed by atoms with van der Waals surface area (Å²) in [5.41, 5.74) is 2.39. The Bertz CT molecular complexity index is 815. The van der Waals surface area contributed by atoms with Gasteiger partial charge < -0.3 is 4.57 Å². The van der Waals surface area contributed by atoms with E-state index in [1.54, 1.807) is 23.5 Å². The van der Waals surface area contributed by atoms with Crippen molar-refractivity contribution in [2.75, 3.05) is 0 Å². The fraction of sp³-hybridized carbons (Fsp3) is 0.222. The second kappa shape index (κ2) is 8.10. The maximum absolute atomic E-state index is 6.20. The van der Waals surface area contributed by atoms with Crippen LogP contribution in [-0.4, -0.2) is 14.8 Å². The quantitative estimate of drug-likeness (QED) is 0.542. The van der Waals surface area contributed by atoms with E-state index in [0.29, 0.717) is 0 Å². The summed E-state index contributed by atoms with van der Waals surface area (Å²) in [6, 6.07) is 16.4. The second-order valence-electron chi connectivity index (χ2n) is 5.44. The van der Waals surface area contributed by atoms with Gasteiger partial charge in [-0.25, -0.2) is 0 Å². The Morgan fingerprint density at radius 1 is 0.958 bits per heavy atom. The number of benzene rings is 2. The van der Waals surface area contributed by atoms with Crippen molar-refractivity contribution in [2.24, 2.45) is 7.05 Å². The van der Waals surface area contributed by atoms with Crippen molar-refractivity contribution in [3.8, 4) is 0 Å². The van der Waals surface area contributed by atoms with Crippen LogP contribution in [0.2, 0.25) is 5.02 Å². The molecule has 24 heavy (non-hydrogen) atoms. The molecule has 0 saturated carbocycles. The molecular weight excluding hydrogens is 358 g/mol. The van der Waals surface area contributed by atoms with E-state index in [9.17, 15) is 0 Å². The molecule has 1 heterocycles. The average Bonchev–Trinajstić information content (AvgIpc) is 2.94. The average molecular weight is 376 g/mol. The van der Waals surface area contributed by atoms with Gasteiger partial charge in [-0.3, -0.25) is 0 Å². The molecule has 0 saturated heterocycles. The van der Waals surface area contributed by atoms with Gasteiger partial charge in [-0.05, 0) is 30.7 Å². The third kappa shape index (κ3) is 4.35. The molecule has 0 unspecified atom stereocenters. The minimum atomic E-state index is 0.788. The number of nitrogens with zero attached hydrogens (tertiary/aromatic N) is 3. The monoisotopic (exact) mass is 375 g/mol. The minimum Gasteiger partial charge on any atom is -0.308 e. The smallest absolute Gasteiger partial charge is 0.191 e. The first kappa shape index (κ1) is 17.4. The summed E-state index contributed by atoms with van der Waals surface area (Å²) in [5.74, 6) is 2.57. The van der Waals surface area contributed by atoms with Gasteiger partial charge in [-0.1, -0.05) is 59.3 Å². The van der Waals surface area contributed by atoms with Gasteiger partial charge in [0.05, 0.1) is 5.75 Å². The zero-order valence-electron chi connectivity index (χ0n) is 13.6. The molecule has 0 radical (unpaired) electrons. The largest absolute Gasteiger partial charge is 0.308 e. The molecular formula is C18H18ClN3S2. The van der Waals surface area contributed by atoms with Gasteiger partial charge in [0.25, 0.3) is 0 Å². The van der Waals surface area contributed by atoms with E-state index in [-0.39, 0.29) is 0 Å². The van der Waals surface area contributed by atoms with E-state index in [1.807, 2.05) is 31.3 Å². The van der Waals surface area contributed by atoms with Crippen LogP contribution >= 0.6 is 35.1 Å². The topological polar surface area (TPSA) is 30.7 Å². The fourth-order valence-corrected chi connectivity index (χ4v) is 4.23. The molecule has 3 nitrogen and oxygen atoms in total. The van der Waals surface area contributed by atoms with Crippen LogP contribution in [0.5, 0.6) is 0 Å². The Morgan fingerprint density at radius 2 is 1.71 bits per heavy atom. The van der Waals surface area contributed by atoms with Crippen molar-refractivity contribution in [3.63, 3.8) is 0 Å². The number of hydrogen-bond donors (Lipinski definition) is 0. The molecule has 6 heteroatoms. The number of aromatic nitrogens is 3.